The number of ether oxygens (including phenoxy) is 1. The van der Waals surface area contributed by atoms with Crippen LogP contribution in [0.25, 0.3) is 0 Å². The third kappa shape index (κ3) is 9.39. The predicted molar refractivity (Wildman–Crippen MR) is 253 cm³/mol. The first-order chi connectivity index (χ1) is 32.4. The van der Waals surface area contributed by atoms with Crippen LogP contribution in [0.2, 0.25) is 0 Å². The van der Waals surface area contributed by atoms with Crippen molar-refractivity contribution in [3.05, 3.63) is 215 Å². The maximum atomic E-state index is 13.5. The van der Waals surface area contributed by atoms with Crippen molar-refractivity contribution in [2.75, 3.05) is 33.4 Å². The molecule has 6 heterocycles. The Morgan fingerprint density at radius 2 is 0.955 bits per heavy atom. The number of carbonyl (C=O) groups is 3. The number of halogens is 1. The minimum absolute atomic E-state index is 0.0254. The van der Waals surface area contributed by atoms with E-state index in [4.69, 9.17) is 4.74 Å². The number of methoxy groups -OCH3 is 1. The van der Waals surface area contributed by atoms with E-state index >= 15 is 0 Å². The molecule has 3 aromatic heterocycles. The molecule has 3 aliphatic heterocycles. The van der Waals surface area contributed by atoms with E-state index < -0.39 is 5.82 Å². The second-order valence-corrected chi connectivity index (χ2v) is 17.4. The Labute approximate surface area is 386 Å². The Balaban J connectivity index is 0.000000125. The first-order valence-electron chi connectivity index (χ1n) is 23.1. The summed E-state index contributed by atoms with van der Waals surface area (Å²) in [4.78, 5) is 44.2. The number of amides is 3. The molecule has 0 bridgehead atoms. The van der Waals surface area contributed by atoms with E-state index in [9.17, 15) is 18.8 Å². The number of hydrogen-bond donors (Lipinski definition) is 0. The molecule has 3 unspecified atom stereocenters. The lowest BCUT2D eigenvalue weighted by Crippen LogP contribution is -2.44. The molecule has 7 aromatic rings. The molecule has 11 rings (SSSR count). The molecule has 4 aromatic carbocycles. The molecule has 0 N–H and O–H groups in total. The van der Waals surface area contributed by atoms with Gasteiger partial charge in [-0.3, -0.25) is 14.4 Å². The number of carbonyl (C=O) groups excluding carboxylic acids is 3. The molecule has 10 nitrogen and oxygen atoms in total. The van der Waals surface area contributed by atoms with Crippen LogP contribution < -0.4 is 0 Å². The highest BCUT2D eigenvalue weighted by atomic mass is 19.1. The van der Waals surface area contributed by atoms with Crippen LogP contribution in [0.1, 0.15) is 87.9 Å². The summed E-state index contributed by atoms with van der Waals surface area (Å²) >= 11 is 0. The fourth-order valence-corrected chi connectivity index (χ4v) is 10.2. The second kappa shape index (κ2) is 20.5. The zero-order valence-corrected chi connectivity index (χ0v) is 37.4. The van der Waals surface area contributed by atoms with Gasteiger partial charge in [0, 0.05) is 93.5 Å². The number of aromatic nitrogens is 3. The summed E-state index contributed by atoms with van der Waals surface area (Å²) in [6.07, 6.45) is 10.8. The summed E-state index contributed by atoms with van der Waals surface area (Å²) in [5, 5.41) is 0. The lowest BCUT2D eigenvalue weighted by atomic mass is 9.97. The second-order valence-electron chi connectivity index (χ2n) is 17.4. The van der Waals surface area contributed by atoms with Gasteiger partial charge in [-0.2, -0.15) is 0 Å². The zero-order chi connectivity index (χ0) is 45.4. The van der Waals surface area contributed by atoms with Crippen LogP contribution in [0.5, 0.6) is 0 Å². The average Bonchev–Trinajstić information content (AvgIpc) is 4.23. The van der Waals surface area contributed by atoms with Gasteiger partial charge >= 0.3 is 0 Å². The van der Waals surface area contributed by atoms with Crippen molar-refractivity contribution >= 4 is 17.7 Å². The van der Waals surface area contributed by atoms with Gasteiger partial charge in [0.15, 0.2) is 0 Å². The fraction of sp³-hybridized carbons (Fsp3) is 0.291. The molecular formula is C55H57FN6O4. The van der Waals surface area contributed by atoms with E-state index in [1.807, 2.05) is 88.8 Å². The van der Waals surface area contributed by atoms with Gasteiger partial charge in [-0.25, -0.2) is 4.39 Å². The lowest BCUT2D eigenvalue weighted by molar-refractivity contribution is -0.138. The van der Waals surface area contributed by atoms with Crippen molar-refractivity contribution in [3.63, 3.8) is 0 Å². The van der Waals surface area contributed by atoms with E-state index in [0.717, 1.165) is 61.5 Å². The van der Waals surface area contributed by atoms with E-state index in [0.29, 0.717) is 24.6 Å². The van der Waals surface area contributed by atoms with Crippen molar-refractivity contribution in [1.29, 1.82) is 0 Å². The first kappa shape index (κ1) is 44.2. The van der Waals surface area contributed by atoms with E-state index in [2.05, 4.69) is 85.6 Å². The Hall–Kier alpha value is -6.98. The van der Waals surface area contributed by atoms with Crippen molar-refractivity contribution < 1.29 is 23.5 Å². The van der Waals surface area contributed by atoms with Crippen LogP contribution in [0, 0.1) is 11.7 Å². The highest BCUT2D eigenvalue weighted by Gasteiger charge is 2.37. The van der Waals surface area contributed by atoms with Crippen molar-refractivity contribution in [2.24, 2.45) is 5.92 Å². The Morgan fingerprint density at radius 1 is 0.515 bits per heavy atom. The van der Waals surface area contributed by atoms with Crippen LogP contribution in [0.3, 0.4) is 0 Å². The highest BCUT2D eigenvalue weighted by Crippen LogP contribution is 2.37. The van der Waals surface area contributed by atoms with Gasteiger partial charge in [0.05, 0.1) is 18.1 Å². The van der Waals surface area contributed by atoms with Gasteiger partial charge in [-0.05, 0) is 84.1 Å². The van der Waals surface area contributed by atoms with E-state index in [-0.39, 0.29) is 42.5 Å². The normalized spacial score (nSPS) is 18.8. The largest absolute Gasteiger partial charge is 0.375 e. The number of benzene rings is 4. The molecule has 0 spiro atoms. The standard InChI is InChI=1S/C20H17FN2O.C19H22N2O.C16H18N2O2/c21-17-9-4-8-16(14-17)20(24)23-13-12-22-11-5-10-18(22)19(23)15-6-2-1-3-7-15;22-19(16-9-4-5-10-16)21-14-13-20-12-6-11-17(20)18(21)15-7-2-1-3-8-15;1-20-12-15(19)18-11-10-17-9-5-8-14(17)16(18)13-6-3-2-4-7-13/h1-11,14,19H,12-13H2;1-3,6-8,11-12,16,18H,4-5,9-10,13-14H2;2-9,16H,10-12H2,1H3. The first-order valence-corrected chi connectivity index (χ1v) is 23.1. The summed E-state index contributed by atoms with van der Waals surface area (Å²) in [5.41, 5.74) is 7.27. The number of fused-ring (bicyclic) bond motifs is 3. The van der Waals surface area contributed by atoms with E-state index in [1.54, 1.807) is 19.2 Å². The van der Waals surface area contributed by atoms with Crippen LogP contribution in [-0.4, -0.2) is 79.5 Å². The quantitative estimate of drug-likeness (QED) is 0.160. The summed E-state index contributed by atoms with van der Waals surface area (Å²) < 4.78 is 25.2. The third-order valence-electron chi connectivity index (χ3n) is 13.4. The maximum Gasteiger partial charge on any atom is 0.254 e. The highest BCUT2D eigenvalue weighted by molar-refractivity contribution is 5.94. The predicted octanol–water partition coefficient (Wildman–Crippen LogP) is 9.55. The number of rotatable bonds is 7. The van der Waals surface area contributed by atoms with Crippen molar-refractivity contribution in [2.45, 2.75) is 63.4 Å². The summed E-state index contributed by atoms with van der Waals surface area (Å²) in [5.74, 6) is 0.105. The summed E-state index contributed by atoms with van der Waals surface area (Å²) in [7, 11) is 1.56. The minimum atomic E-state index is -0.391. The summed E-state index contributed by atoms with van der Waals surface area (Å²) in [6, 6.07) is 48.8. The van der Waals surface area contributed by atoms with Gasteiger partial charge in [-0.1, -0.05) is 110 Å². The monoisotopic (exact) mass is 884 g/mol. The van der Waals surface area contributed by atoms with Gasteiger partial charge in [0.25, 0.3) is 5.91 Å². The Morgan fingerprint density at radius 3 is 1.42 bits per heavy atom. The molecule has 66 heavy (non-hydrogen) atoms. The molecular weight excluding hydrogens is 828 g/mol. The van der Waals surface area contributed by atoms with Crippen LogP contribution in [0.4, 0.5) is 4.39 Å². The third-order valence-corrected chi connectivity index (χ3v) is 13.4. The smallest absolute Gasteiger partial charge is 0.254 e. The van der Waals surface area contributed by atoms with Crippen LogP contribution in [0.15, 0.2) is 170 Å². The number of nitrogens with zero attached hydrogens (tertiary/aromatic N) is 6. The van der Waals surface area contributed by atoms with Crippen LogP contribution >= 0.6 is 0 Å². The van der Waals surface area contributed by atoms with Crippen LogP contribution in [-0.2, 0) is 34.0 Å². The van der Waals surface area contributed by atoms with Gasteiger partial charge < -0.3 is 33.1 Å². The number of hydrogen-bond acceptors (Lipinski definition) is 4. The lowest BCUT2D eigenvalue weighted by Gasteiger charge is -2.38. The minimum Gasteiger partial charge on any atom is -0.375 e. The van der Waals surface area contributed by atoms with Gasteiger partial charge in [0.2, 0.25) is 11.8 Å². The van der Waals surface area contributed by atoms with Gasteiger partial charge in [-0.15, -0.1) is 0 Å². The molecule has 3 atom stereocenters. The molecule has 1 aliphatic carbocycles. The van der Waals surface area contributed by atoms with E-state index in [1.165, 1.54) is 36.2 Å². The molecule has 4 aliphatic rings. The van der Waals surface area contributed by atoms with Crippen molar-refractivity contribution in [3.8, 4) is 0 Å². The topological polar surface area (TPSA) is 84.9 Å². The van der Waals surface area contributed by atoms with Crippen molar-refractivity contribution in [1.82, 2.24) is 28.4 Å². The SMILES string of the molecule is COCC(=O)N1CCn2cccc2C1c1ccccc1.O=C(C1CCCC1)N1CCn2cccc2C1c1ccccc1.O=C(c1cccc(F)c1)N1CCn2cccc2C1c1ccccc1. The molecule has 0 saturated heterocycles. The molecule has 0 radical (unpaired) electrons. The summed E-state index contributed by atoms with van der Waals surface area (Å²) in [6.45, 7) is 4.73. The molecule has 1 fully saturated rings. The molecule has 3 amide bonds. The molecule has 11 heteroatoms. The fourth-order valence-electron chi connectivity index (χ4n) is 10.2. The van der Waals surface area contributed by atoms with Gasteiger partial charge in [0.1, 0.15) is 12.4 Å². The molecule has 1 saturated carbocycles. The maximum absolute atomic E-state index is 13.5. The Bertz CT molecular complexity index is 2710. The Kier molecular flexibility index (Phi) is 13.7. The molecule has 338 valence electrons. The zero-order valence-electron chi connectivity index (χ0n) is 37.4. The average molecular weight is 885 g/mol.